The Balaban J connectivity index is 0.000000229. The van der Waals surface area contributed by atoms with E-state index in [1.807, 2.05) is 4.98 Å². The first-order valence-electron chi connectivity index (χ1n) is 16.1. The Morgan fingerprint density at radius 2 is 1.19 bits per heavy atom. The molecule has 3 aliphatic rings. The van der Waals surface area contributed by atoms with Crippen LogP contribution in [0.3, 0.4) is 0 Å². The number of aliphatic hydroxyl groups excluding tert-OH is 4. The van der Waals surface area contributed by atoms with Gasteiger partial charge in [-0.05, 0) is 6.42 Å². The fraction of sp³-hybridized carbons (Fsp3) is 0.552. The van der Waals surface area contributed by atoms with Crippen LogP contribution in [0.1, 0.15) is 55.0 Å². The molecule has 318 valence electrons. The summed E-state index contributed by atoms with van der Waals surface area (Å²) in [5, 5.41) is 44.4. The first-order chi connectivity index (χ1) is 26.0. The van der Waals surface area contributed by atoms with Crippen LogP contribution < -0.4 is 33.7 Å². The molecule has 3 aromatic heterocycles. The summed E-state index contributed by atoms with van der Waals surface area (Å²) < 4.78 is 86.8. The number of hydrogen-bond donors (Lipinski definition) is 9. The fourth-order valence-corrected chi connectivity index (χ4v) is 5.78. The zero-order chi connectivity index (χ0) is 41.9. The maximum Gasteiger partial charge on any atom is 0.423 e. The van der Waals surface area contributed by atoms with Crippen LogP contribution in [0.5, 0.6) is 0 Å². The Morgan fingerprint density at radius 3 is 1.54 bits per heavy atom. The number of hydrogen-bond acceptors (Lipinski definition) is 13. The molecule has 9 N–H and O–H groups in total. The number of amidine groups is 1. The van der Waals surface area contributed by atoms with E-state index in [0.717, 1.165) is 19.4 Å². The quantitative estimate of drug-likeness (QED) is 0.136. The molecule has 28 heteroatoms. The maximum atomic E-state index is 12.6. The second-order valence-corrected chi connectivity index (χ2v) is 12.7. The highest BCUT2D eigenvalue weighted by Gasteiger charge is 2.40. The monoisotopic (exact) mass is 870 g/mol. The summed E-state index contributed by atoms with van der Waals surface area (Å²) in [6.07, 6.45) is -14.4. The molecule has 6 unspecified atom stereocenters. The van der Waals surface area contributed by atoms with Crippen LogP contribution in [-0.2, 0) is 28.4 Å². The van der Waals surface area contributed by atoms with E-state index in [1.165, 1.54) is 0 Å². The lowest BCUT2D eigenvalue weighted by molar-refractivity contribution is -0.140. The van der Waals surface area contributed by atoms with Gasteiger partial charge in [0.05, 0.1) is 43.5 Å². The normalized spacial score (nSPS) is 23.4. The van der Waals surface area contributed by atoms with Crippen LogP contribution >= 0.6 is 24.0 Å². The van der Waals surface area contributed by atoms with Gasteiger partial charge in [-0.1, -0.05) is 11.6 Å². The number of nitrogens with one attached hydrogen (secondary N) is 5. The molecule has 3 aromatic rings. The van der Waals surface area contributed by atoms with Gasteiger partial charge in [-0.25, -0.2) is 14.4 Å². The molecular weight excluding hydrogens is 837 g/mol. The van der Waals surface area contributed by atoms with Crippen molar-refractivity contribution in [3.63, 3.8) is 0 Å². The number of ether oxygens (including phenoxy) is 2. The third-order valence-corrected chi connectivity index (χ3v) is 8.86. The molecule has 0 amide bonds. The van der Waals surface area contributed by atoms with Gasteiger partial charge < -0.3 is 39.8 Å². The number of aromatic amines is 4. The predicted octanol–water partition coefficient (Wildman–Crippen LogP) is -0.896. The smallest absolute Gasteiger partial charge is 0.394 e. The van der Waals surface area contributed by atoms with Crippen molar-refractivity contribution in [2.75, 3.05) is 19.8 Å². The highest BCUT2D eigenvalue weighted by molar-refractivity contribution is 6.31. The molecule has 0 aromatic carbocycles. The molecule has 0 spiro atoms. The third kappa shape index (κ3) is 11.3. The van der Waals surface area contributed by atoms with Crippen LogP contribution in [0.2, 0.25) is 5.02 Å². The molecule has 6 atom stereocenters. The Bertz CT molecular complexity index is 2150. The number of likely N-dealkylation sites (tertiary alicyclic amines) is 1. The highest BCUT2D eigenvalue weighted by atomic mass is 35.5. The number of nitrogens with zero attached hydrogens (tertiary/aromatic N) is 3. The van der Waals surface area contributed by atoms with E-state index in [9.17, 15) is 65.3 Å². The van der Waals surface area contributed by atoms with Crippen LogP contribution in [-0.4, -0.2) is 104 Å². The maximum absolute atomic E-state index is 12.6. The molecule has 3 fully saturated rings. The fourth-order valence-electron chi connectivity index (χ4n) is 5.63. The van der Waals surface area contributed by atoms with Crippen molar-refractivity contribution in [3.8, 4) is 0 Å². The van der Waals surface area contributed by atoms with Crippen molar-refractivity contribution < 1.29 is 56.2 Å². The molecule has 0 aliphatic carbocycles. The van der Waals surface area contributed by atoms with Gasteiger partial charge in [0.25, 0.3) is 16.7 Å². The first kappa shape index (κ1) is 46.8. The Kier molecular flexibility index (Phi) is 15.4. The molecule has 0 radical (unpaired) electrons. The van der Waals surface area contributed by atoms with E-state index in [4.69, 9.17) is 36.7 Å². The molecule has 0 bridgehead atoms. The summed E-state index contributed by atoms with van der Waals surface area (Å²) in [4.78, 5) is 77.0. The summed E-state index contributed by atoms with van der Waals surface area (Å²) in [6, 6.07) is 0. The van der Waals surface area contributed by atoms with Crippen molar-refractivity contribution in [2.24, 2.45) is 0 Å². The largest absolute Gasteiger partial charge is 0.423 e. The number of H-pyrrole nitrogens is 4. The van der Waals surface area contributed by atoms with E-state index in [2.05, 4.69) is 4.98 Å². The lowest BCUT2D eigenvalue weighted by Gasteiger charge is -2.17. The second kappa shape index (κ2) is 18.8. The van der Waals surface area contributed by atoms with Crippen LogP contribution in [0, 0.1) is 5.41 Å². The van der Waals surface area contributed by atoms with Crippen molar-refractivity contribution in [1.82, 2.24) is 34.0 Å². The van der Waals surface area contributed by atoms with Crippen molar-refractivity contribution >= 4 is 29.8 Å². The minimum absolute atomic E-state index is 0. The summed E-state index contributed by atoms with van der Waals surface area (Å²) in [5.74, 6) is 0.511. The molecule has 6 heterocycles. The predicted molar refractivity (Wildman–Crippen MR) is 183 cm³/mol. The SMILES string of the molecule is Cl.N=C1CCCN1Cc1[nH]c(=O)[nH]c(=O)c1Cl.O=c1[nH]c(=O)n(C2CC(O)C(CO)O2)cc1C(F)(F)F.O=c1[nH]c(=O)n(C2CC(O)C(CO)O2)cc1C(F)(F)F. The van der Waals surface area contributed by atoms with Crippen LogP contribution in [0.25, 0.3) is 0 Å². The van der Waals surface area contributed by atoms with Crippen LogP contribution in [0.4, 0.5) is 26.3 Å². The summed E-state index contributed by atoms with van der Waals surface area (Å²) >= 11 is 5.78. The highest BCUT2D eigenvalue weighted by Crippen LogP contribution is 2.31. The van der Waals surface area contributed by atoms with E-state index in [0.29, 0.717) is 39.6 Å². The topological polar surface area (TPSA) is 302 Å². The average molecular weight is 872 g/mol. The van der Waals surface area contributed by atoms with Crippen molar-refractivity contribution in [2.45, 2.75) is 81.5 Å². The number of aromatic nitrogens is 6. The number of alkyl halides is 6. The van der Waals surface area contributed by atoms with Gasteiger partial charge in [0.15, 0.2) is 0 Å². The first-order valence-corrected chi connectivity index (χ1v) is 16.5. The molecule has 6 rings (SSSR count). The Hall–Kier alpha value is -4.57. The van der Waals surface area contributed by atoms with Gasteiger partial charge in [0.1, 0.15) is 40.8 Å². The van der Waals surface area contributed by atoms with Crippen LogP contribution in [0.15, 0.2) is 41.2 Å². The third-order valence-electron chi connectivity index (χ3n) is 8.46. The molecule has 3 aliphatic heterocycles. The summed E-state index contributed by atoms with van der Waals surface area (Å²) in [7, 11) is 0. The van der Waals surface area contributed by atoms with Gasteiger partial charge in [-0.15, -0.1) is 12.4 Å². The zero-order valence-electron chi connectivity index (χ0n) is 28.7. The van der Waals surface area contributed by atoms with Crippen molar-refractivity contribution in [3.05, 3.63) is 96.8 Å². The Morgan fingerprint density at radius 1 is 0.754 bits per heavy atom. The zero-order valence-corrected chi connectivity index (χ0v) is 30.3. The second-order valence-electron chi connectivity index (χ2n) is 12.3. The van der Waals surface area contributed by atoms with E-state index < -0.39 is 107 Å². The lowest BCUT2D eigenvalue weighted by Crippen LogP contribution is -2.36. The molecule has 0 saturated carbocycles. The summed E-state index contributed by atoms with van der Waals surface area (Å²) in [5.41, 5.74) is -9.14. The van der Waals surface area contributed by atoms with E-state index in [-0.39, 0.29) is 30.3 Å². The molecule has 20 nitrogen and oxygen atoms in total. The summed E-state index contributed by atoms with van der Waals surface area (Å²) in [6.45, 7) is -0.0232. The molecule has 3 saturated heterocycles. The molecule has 57 heavy (non-hydrogen) atoms. The van der Waals surface area contributed by atoms with Crippen molar-refractivity contribution in [1.29, 1.82) is 5.41 Å². The Labute approximate surface area is 323 Å². The van der Waals surface area contributed by atoms with Gasteiger partial charge in [0.2, 0.25) is 0 Å². The van der Waals surface area contributed by atoms with Gasteiger partial charge in [0, 0.05) is 38.2 Å². The van der Waals surface area contributed by atoms with Gasteiger partial charge in [-0.2, -0.15) is 26.3 Å². The minimum atomic E-state index is -4.92. The van der Waals surface area contributed by atoms with E-state index >= 15 is 0 Å². The number of rotatable bonds is 6. The minimum Gasteiger partial charge on any atom is -0.394 e. The molecular formula is C29H34Cl2F6N8O12. The standard InChI is InChI=1S/2C10H11F3N2O5.C9H11ClN4O2.ClH/c2*11-10(12,13)4-2-15(9(19)14-8(4)18)7-1-5(17)6(3-16)20-7;10-7-5(12-9(16)13-8(7)15)4-14-3-1-2-6(14)11;/h2*2,5-7,16-17H,1,3H2,(H,14,18,19);11H,1-4H2,(H2,12,13,15,16);1H. The average Bonchev–Trinajstić information content (AvgIpc) is 3.79. The van der Waals surface area contributed by atoms with Gasteiger partial charge >= 0.3 is 29.4 Å². The van der Waals surface area contributed by atoms with E-state index in [1.54, 1.807) is 14.9 Å². The van der Waals surface area contributed by atoms with Gasteiger partial charge in [-0.3, -0.25) is 43.9 Å². The number of halogens is 8. The number of aliphatic hydroxyl groups is 4. The lowest BCUT2D eigenvalue weighted by atomic mass is 10.2.